The fraction of sp³-hybridized carbons (Fsp3) is 0.139. The first-order chi connectivity index (χ1) is 21.1. The maximum absolute atomic E-state index is 13.3. The molecule has 2 amide bonds. The standard InChI is InChI=1S/C36H30FN5O/c37-30-20-16-25(17-21-30)23-39-35(43)40-33-22-32-31(24-38-33)34(26-18-19-26)41-42(32)36(27-10-4-1-5-11-27,28-12-6-2-7-13-28)29-14-8-3-9-15-29/h1-17,20-22,24,26H,18-19,23H2,(H2,38,39,40,43). The van der Waals surface area contributed by atoms with Gasteiger partial charge in [0.1, 0.15) is 17.2 Å². The monoisotopic (exact) mass is 567 g/mol. The number of aromatic nitrogens is 3. The molecule has 6 aromatic rings. The predicted molar refractivity (Wildman–Crippen MR) is 166 cm³/mol. The van der Waals surface area contributed by atoms with Crippen molar-refractivity contribution >= 4 is 22.8 Å². The second-order valence-electron chi connectivity index (χ2n) is 10.9. The first-order valence-corrected chi connectivity index (χ1v) is 14.5. The number of carbonyl (C=O) groups excluding carboxylic acids is 1. The zero-order valence-electron chi connectivity index (χ0n) is 23.5. The van der Waals surface area contributed by atoms with Crippen molar-refractivity contribution in [2.45, 2.75) is 30.8 Å². The Morgan fingerprint density at radius 2 is 1.37 bits per heavy atom. The average Bonchev–Trinajstić information content (AvgIpc) is 3.84. The van der Waals surface area contributed by atoms with Crippen molar-refractivity contribution in [2.24, 2.45) is 0 Å². The molecule has 0 atom stereocenters. The largest absolute Gasteiger partial charge is 0.334 e. The molecular weight excluding hydrogens is 537 g/mol. The van der Waals surface area contributed by atoms with E-state index in [-0.39, 0.29) is 12.4 Å². The highest BCUT2D eigenvalue weighted by Gasteiger charge is 2.42. The van der Waals surface area contributed by atoms with E-state index in [1.807, 2.05) is 30.5 Å². The molecule has 2 N–H and O–H groups in total. The lowest BCUT2D eigenvalue weighted by Crippen LogP contribution is -2.38. The van der Waals surface area contributed by atoms with Crippen LogP contribution in [0.1, 0.15) is 46.7 Å². The van der Waals surface area contributed by atoms with Gasteiger partial charge in [-0.3, -0.25) is 5.32 Å². The number of rotatable bonds is 8. The van der Waals surface area contributed by atoms with Gasteiger partial charge in [0.2, 0.25) is 0 Å². The molecule has 2 heterocycles. The molecule has 0 spiro atoms. The fourth-order valence-electron chi connectivity index (χ4n) is 5.87. The minimum Gasteiger partial charge on any atom is -0.334 e. The summed E-state index contributed by atoms with van der Waals surface area (Å²) in [6.07, 6.45) is 4.01. The van der Waals surface area contributed by atoms with Crippen LogP contribution in [0.5, 0.6) is 0 Å². The minimum atomic E-state index is -0.793. The van der Waals surface area contributed by atoms with Gasteiger partial charge in [-0.1, -0.05) is 103 Å². The SMILES string of the molecule is O=C(NCc1ccc(F)cc1)Nc1cc2c(cn1)c(C1CC1)nn2C(c1ccccc1)(c1ccccc1)c1ccccc1. The molecule has 4 aromatic carbocycles. The van der Waals surface area contributed by atoms with Gasteiger partial charge in [0.15, 0.2) is 0 Å². The fourth-order valence-corrected chi connectivity index (χ4v) is 5.87. The van der Waals surface area contributed by atoms with Crippen molar-refractivity contribution in [1.82, 2.24) is 20.1 Å². The first kappa shape index (κ1) is 26.6. The van der Waals surface area contributed by atoms with Crippen LogP contribution in [0.4, 0.5) is 15.0 Å². The lowest BCUT2D eigenvalue weighted by molar-refractivity contribution is 0.251. The molecule has 7 rings (SSSR count). The maximum atomic E-state index is 13.3. The van der Waals surface area contributed by atoms with Gasteiger partial charge in [-0.25, -0.2) is 18.9 Å². The van der Waals surface area contributed by atoms with Crippen LogP contribution in [0.2, 0.25) is 0 Å². The van der Waals surface area contributed by atoms with Crippen molar-refractivity contribution in [3.05, 3.63) is 161 Å². The van der Waals surface area contributed by atoms with Gasteiger partial charge < -0.3 is 5.32 Å². The number of anilines is 1. The van der Waals surface area contributed by atoms with Gasteiger partial charge in [-0.2, -0.15) is 5.10 Å². The highest BCUT2D eigenvalue weighted by Crippen LogP contribution is 2.47. The van der Waals surface area contributed by atoms with Crippen molar-refractivity contribution in [3.8, 4) is 0 Å². The number of halogens is 1. The number of nitrogens with one attached hydrogen (secondary N) is 2. The number of pyridine rings is 1. The van der Waals surface area contributed by atoms with Gasteiger partial charge in [0, 0.05) is 30.1 Å². The number of hydrogen-bond acceptors (Lipinski definition) is 3. The Hall–Kier alpha value is -5.30. The number of hydrogen-bond donors (Lipinski definition) is 2. The summed E-state index contributed by atoms with van der Waals surface area (Å²) in [7, 11) is 0. The summed E-state index contributed by atoms with van der Waals surface area (Å²) in [6.45, 7) is 0.261. The normalized spacial score (nSPS) is 13.1. The number of carbonyl (C=O) groups is 1. The zero-order valence-corrected chi connectivity index (χ0v) is 23.5. The molecule has 1 saturated carbocycles. The van der Waals surface area contributed by atoms with Crippen molar-refractivity contribution < 1.29 is 9.18 Å². The number of urea groups is 1. The van der Waals surface area contributed by atoms with Crippen LogP contribution in [-0.4, -0.2) is 20.8 Å². The van der Waals surface area contributed by atoms with Gasteiger partial charge in [-0.15, -0.1) is 0 Å². The minimum absolute atomic E-state index is 0.261. The van der Waals surface area contributed by atoms with E-state index >= 15 is 0 Å². The Labute approximate surface area is 249 Å². The molecule has 212 valence electrons. The summed E-state index contributed by atoms with van der Waals surface area (Å²) in [5.41, 5.74) is 5.13. The Morgan fingerprint density at radius 3 is 1.91 bits per heavy atom. The summed E-state index contributed by atoms with van der Waals surface area (Å²) >= 11 is 0. The van der Waals surface area contributed by atoms with E-state index in [1.165, 1.54) is 12.1 Å². The number of fused-ring (bicyclic) bond motifs is 1. The van der Waals surface area contributed by atoms with Crippen LogP contribution in [-0.2, 0) is 12.1 Å². The molecule has 6 nitrogen and oxygen atoms in total. The first-order valence-electron chi connectivity index (χ1n) is 14.5. The Balaban J connectivity index is 1.37. The van der Waals surface area contributed by atoms with E-state index in [0.29, 0.717) is 11.7 Å². The molecule has 1 aliphatic carbocycles. The second-order valence-corrected chi connectivity index (χ2v) is 10.9. The summed E-state index contributed by atoms with van der Waals surface area (Å²) in [6, 6.07) is 38.9. The summed E-state index contributed by atoms with van der Waals surface area (Å²) in [5, 5.41) is 12.1. The average molecular weight is 568 g/mol. The second kappa shape index (κ2) is 11.2. The molecule has 7 heteroatoms. The molecular formula is C36H30FN5O. The van der Waals surface area contributed by atoms with E-state index in [4.69, 9.17) is 5.10 Å². The quantitative estimate of drug-likeness (QED) is 0.186. The summed E-state index contributed by atoms with van der Waals surface area (Å²) in [4.78, 5) is 17.5. The topological polar surface area (TPSA) is 71.8 Å². The lowest BCUT2D eigenvalue weighted by atomic mass is 9.77. The molecule has 0 bridgehead atoms. The van der Waals surface area contributed by atoms with E-state index in [2.05, 4.69) is 93.1 Å². The third kappa shape index (κ3) is 5.03. The number of amides is 2. The van der Waals surface area contributed by atoms with Crippen LogP contribution in [0, 0.1) is 5.82 Å². The smallest absolute Gasteiger partial charge is 0.320 e. The van der Waals surface area contributed by atoms with Crippen LogP contribution < -0.4 is 10.6 Å². The third-order valence-electron chi connectivity index (χ3n) is 8.06. The zero-order chi connectivity index (χ0) is 29.2. The molecule has 0 aliphatic heterocycles. The molecule has 2 aromatic heterocycles. The molecule has 43 heavy (non-hydrogen) atoms. The van der Waals surface area contributed by atoms with Gasteiger partial charge >= 0.3 is 6.03 Å². The highest BCUT2D eigenvalue weighted by molar-refractivity contribution is 5.92. The van der Waals surface area contributed by atoms with Gasteiger partial charge in [0.25, 0.3) is 0 Å². The molecule has 1 aliphatic rings. The Morgan fingerprint density at radius 1 is 0.814 bits per heavy atom. The van der Waals surface area contributed by atoms with Gasteiger partial charge in [0.05, 0.1) is 11.2 Å². The van der Waals surface area contributed by atoms with E-state index in [9.17, 15) is 9.18 Å². The van der Waals surface area contributed by atoms with E-state index in [1.54, 1.807) is 12.1 Å². The molecule has 0 unspecified atom stereocenters. The van der Waals surface area contributed by atoms with E-state index < -0.39 is 11.6 Å². The summed E-state index contributed by atoms with van der Waals surface area (Å²) in [5.74, 6) is 0.476. The van der Waals surface area contributed by atoms with Crippen LogP contribution >= 0.6 is 0 Å². The predicted octanol–water partition coefficient (Wildman–Crippen LogP) is 7.61. The lowest BCUT2D eigenvalue weighted by Gasteiger charge is -2.37. The third-order valence-corrected chi connectivity index (χ3v) is 8.06. The molecule has 0 radical (unpaired) electrons. The van der Waals surface area contributed by atoms with Crippen LogP contribution in [0.25, 0.3) is 10.9 Å². The van der Waals surface area contributed by atoms with Crippen molar-refractivity contribution in [1.29, 1.82) is 0 Å². The van der Waals surface area contributed by atoms with Crippen LogP contribution in [0.15, 0.2) is 128 Å². The Kier molecular flexibility index (Phi) is 6.91. The van der Waals surface area contributed by atoms with E-state index in [0.717, 1.165) is 51.7 Å². The highest BCUT2D eigenvalue weighted by atomic mass is 19.1. The number of benzene rings is 4. The molecule has 1 fully saturated rings. The van der Waals surface area contributed by atoms with Crippen molar-refractivity contribution in [3.63, 3.8) is 0 Å². The molecule has 0 saturated heterocycles. The van der Waals surface area contributed by atoms with Crippen molar-refractivity contribution in [2.75, 3.05) is 5.32 Å². The Bertz CT molecular complexity index is 1770. The van der Waals surface area contributed by atoms with Crippen LogP contribution in [0.3, 0.4) is 0 Å². The maximum Gasteiger partial charge on any atom is 0.320 e. The number of nitrogens with zero attached hydrogens (tertiary/aromatic N) is 3. The van der Waals surface area contributed by atoms with Gasteiger partial charge in [-0.05, 0) is 47.2 Å². The summed E-state index contributed by atoms with van der Waals surface area (Å²) < 4.78 is 15.4.